The number of hydrogen-bond donors (Lipinski definition) is 1. The molecule has 0 aliphatic carbocycles. The second kappa shape index (κ2) is 4.57. The predicted molar refractivity (Wildman–Crippen MR) is 69.0 cm³/mol. The molecule has 94 valence electrons. The first-order valence-electron chi connectivity index (χ1n) is 5.44. The van der Waals surface area contributed by atoms with E-state index in [9.17, 15) is 8.78 Å². The molecule has 1 N–H and O–H groups in total. The third kappa shape index (κ3) is 1.95. The van der Waals surface area contributed by atoms with Crippen LogP contribution in [0.5, 0.6) is 0 Å². The Bertz CT molecular complexity index is 677. The highest BCUT2D eigenvalue weighted by atomic mass is 32.1. The average molecular weight is 266 g/mol. The molecule has 0 unspecified atom stereocenters. The summed E-state index contributed by atoms with van der Waals surface area (Å²) in [6.07, 6.45) is 0. The first-order valence-corrected chi connectivity index (χ1v) is 5.85. The van der Waals surface area contributed by atoms with E-state index in [1.807, 2.05) is 6.92 Å². The lowest BCUT2D eigenvalue weighted by atomic mass is 10.0. The Morgan fingerprint density at radius 2 is 1.72 bits per heavy atom. The van der Waals surface area contributed by atoms with Crippen LogP contribution in [0.1, 0.15) is 16.7 Å². The summed E-state index contributed by atoms with van der Waals surface area (Å²) in [5, 5.41) is 6.65. The van der Waals surface area contributed by atoms with Gasteiger partial charge in [0.1, 0.15) is 4.64 Å². The van der Waals surface area contributed by atoms with Crippen LogP contribution < -0.4 is 0 Å². The van der Waals surface area contributed by atoms with Crippen LogP contribution in [0.3, 0.4) is 0 Å². The van der Waals surface area contributed by atoms with Crippen molar-refractivity contribution in [2.24, 2.45) is 0 Å². The standard InChI is InChI=1S/C13H12F2N2S/c1-6-4-5-9(11(15)10(6)14)12-7(2)8(3)13(18)17-16-12/h4-5H,1-3H3,(H,17,18). The average Bonchev–Trinajstić information content (AvgIpc) is 2.35. The highest BCUT2D eigenvalue weighted by molar-refractivity contribution is 7.71. The SMILES string of the molecule is Cc1ccc(-c2n[nH]c(=S)c(C)c2C)c(F)c1F. The monoisotopic (exact) mass is 266 g/mol. The van der Waals surface area contributed by atoms with Crippen LogP contribution in [-0.2, 0) is 0 Å². The number of rotatable bonds is 1. The van der Waals surface area contributed by atoms with Gasteiger partial charge < -0.3 is 0 Å². The molecule has 0 radical (unpaired) electrons. The van der Waals surface area contributed by atoms with Crippen LogP contribution in [0, 0.1) is 37.0 Å². The van der Waals surface area contributed by atoms with E-state index in [-0.39, 0.29) is 11.1 Å². The molecule has 2 nitrogen and oxygen atoms in total. The minimum atomic E-state index is -0.879. The number of H-pyrrole nitrogens is 1. The maximum atomic E-state index is 13.9. The normalized spacial score (nSPS) is 10.7. The summed E-state index contributed by atoms with van der Waals surface area (Å²) in [5.74, 6) is -1.72. The number of aromatic amines is 1. The van der Waals surface area contributed by atoms with Gasteiger partial charge >= 0.3 is 0 Å². The quantitative estimate of drug-likeness (QED) is 0.790. The van der Waals surface area contributed by atoms with Gasteiger partial charge in [0.25, 0.3) is 0 Å². The molecule has 0 saturated carbocycles. The van der Waals surface area contributed by atoms with Crippen molar-refractivity contribution in [3.8, 4) is 11.3 Å². The molecule has 0 atom stereocenters. The summed E-state index contributed by atoms with van der Waals surface area (Å²) in [7, 11) is 0. The van der Waals surface area contributed by atoms with Crippen molar-refractivity contribution in [1.82, 2.24) is 10.2 Å². The molecule has 1 heterocycles. The summed E-state index contributed by atoms with van der Waals surface area (Å²) in [6, 6.07) is 3.06. The zero-order chi connectivity index (χ0) is 13.4. The van der Waals surface area contributed by atoms with Crippen molar-refractivity contribution in [1.29, 1.82) is 0 Å². The van der Waals surface area contributed by atoms with Crippen LogP contribution in [0.4, 0.5) is 8.78 Å². The van der Waals surface area contributed by atoms with Gasteiger partial charge in [-0.2, -0.15) is 5.10 Å². The second-order valence-corrected chi connectivity index (χ2v) is 4.62. The molecule has 0 spiro atoms. The summed E-state index contributed by atoms with van der Waals surface area (Å²) < 4.78 is 28.0. The second-order valence-electron chi connectivity index (χ2n) is 4.21. The van der Waals surface area contributed by atoms with E-state index in [4.69, 9.17) is 12.2 Å². The van der Waals surface area contributed by atoms with E-state index >= 15 is 0 Å². The Morgan fingerprint density at radius 3 is 2.39 bits per heavy atom. The molecule has 2 aromatic rings. The molecule has 5 heteroatoms. The first-order chi connectivity index (χ1) is 8.43. The van der Waals surface area contributed by atoms with Gasteiger partial charge in [0.15, 0.2) is 11.6 Å². The predicted octanol–water partition coefficient (Wildman–Crippen LogP) is 4.01. The molecular formula is C13H12F2N2S. The molecule has 0 fully saturated rings. The van der Waals surface area contributed by atoms with Crippen molar-refractivity contribution in [2.45, 2.75) is 20.8 Å². The highest BCUT2D eigenvalue weighted by Gasteiger charge is 2.16. The number of aryl methyl sites for hydroxylation is 1. The lowest BCUT2D eigenvalue weighted by Crippen LogP contribution is -2.00. The van der Waals surface area contributed by atoms with E-state index in [0.29, 0.717) is 10.3 Å². The molecule has 0 aliphatic heterocycles. The Balaban J connectivity index is 2.75. The number of benzene rings is 1. The van der Waals surface area contributed by atoms with Gasteiger partial charge in [0, 0.05) is 5.56 Å². The molecule has 0 amide bonds. The Labute approximate surface area is 109 Å². The van der Waals surface area contributed by atoms with Gasteiger partial charge in [0.2, 0.25) is 0 Å². The molecule has 0 saturated heterocycles. The van der Waals surface area contributed by atoms with E-state index in [1.165, 1.54) is 19.1 Å². The van der Waals surface area contributed by atoms with Crippen molar-refractivity contribution in [2.75, 3.05) is 0 Å². The maximum Gasteiger partial charge on any atom is 0.168 e. The molecule has 1 aromatic heterocycles. The number of halogens is 2. The van der Waals surface area contributed by atoms with E-state index in [2.05, 4.69) is 10.2 Å². The number of nitrogens with one attached hydrogen (secondary N) is 1. The number of aromatic nitrogens is 2. The summed E-state index contributed by atoms with van der Waals surface area (Å²) in [4.78, 5) is 0. The summed E-state index contributed by atoms with van der Waals surface area (Å²) in [5.41, 5.74) is 2.37. The van der Waals surface area contributed by atoms with E-state index in [0.717, 1.165) is 11.1 Å². The van der Waals surface area contributed by atoms with Crippen LogP contribution in [-0.4, -0.2) is 10.2 Å². The van der Waals surface area contributed by atoms with Crippen molar-refractivity contribution >= 4 is 12.2 Å². The van der Waals surface area contributed by atoms with Crippen LogP contribution >= 0.6 is 12.2 Å². The fourth-order valence-corrected chi connectivity index (χ4v) is 1.91. The number of hydrogen-bond acceptors (Lipinski definition) is 2. The van der Waals surface area contributed by atoms with Gasteiger partial charge in [-0.25, -0.2) is 8.78 Å². The molecule has 0 bridgehead atoms. The van der Waals surface area contributed by atoms with Crippen molar-refractivity contribution in [3.05, 3.63) is 45.1 Å². The first kappa shape index (κ1) is 12.8. The van der Waals surface area contributed by atoms with Gasteiger partial charge in [-0.3, -0.25) is 5.10 Å². The van der Waals surface area contributed by atoms with Gasteiger partial charge in [-0.05, 0) is 43.5 Å². The van der Waals surface area contributed by atoms with Gasteiger partial charge in [-0.1, -0.05) is 18.3 Å². The van der Waals surface area contributed by atoms with Crippen LogP contribution in [0.25, 0.3) is 11.3 Å². The summed E-state index contributed by atoms with van der Waals surface area (Å²) >= 11 is 5.04. The molecule has 0 aliphatic rings. The molecule has 1 aromatic carbocycles. The lowest BCUT2D eigenvalue weighted by molar-refractivity contribution is 0.505. The topological polar surface area (TPSA) is 28.7 Å². The maximum absolute atomic E-state index is 13.9. The Kier molecular flexibility index (Phi) is 3.26. The van der Waals surface area contributed by atoms with Crippen molar-refractivity contribution in [3.63, 3.8) is 0 Å². The zero-order valence-electron chi connectivity index (χ0n) is 10.3. The minimum Gasteiger partial charge on any atom is -0.267 e. The lowest BCUT2D eigenvalue weighted by Gasteiger charge is -2.09. The molecular weight excluding hydrogens is 254 g/mol. The van der Waals surface area contributed by atoms with Crippen LogP contribution in [0.15, 0.2) is 12.1 Å². The van der Waals surface area contributed by atoms with Gasteiger partial charge in [-0.15, -0.1) is 0 Å². The largest absolute Gasteiger partial charge is 0.267 e. The van der Waals surface area contributed by atoms with E-state index < -0.39 is 11.6 Å². The third-order valence-corrected chi connectivity index (χ3v) is 3.46. The summed E-state index contributed by atoms with van der Waals surface area (Å²) in [6.45, 7) is 5.13. The fraction of sp³-hybridized carbons (Fsp3) is 0.231. The van der Waals surface area contributed by atoms with Crippen molar-refractivity contribution < 1.29 is 8.78 Å². The van der Waals surface area contributed by atoms with Gasteiger partial charge in [0.05, 0.1) is 5.69 Å². The minimum absolute atomic E-state index is 0.143. The third-order valence-electron chi connectivity index (χ3n) is 3.06. The zero-order valence-corrected chi connectivity index (χ0v) is 11.1. The molecule has 18 heavy (non-hydrogen) atoms. The molecule has 2 rings (SSSR count). The smallest absolute Gasteiger partial charge is 0.168 e. The fourth-order valence-electron chi connectivity index (χ4n) is 1.71. The van der Waals surface area contributed by atoms with Crippen LogP contribution in [0.2, 0.25) is 0 Å². The Hall–Kier alpha value is -1.62. The highest BCUT2D eigenvalue weighted by Crippen LogP contribution is 2.27. The Morgan fingerprint density at radius 1 is 1.06 bits per heavy atom. The number of nitrogens with zero attached hydrogens (tertiary/aromatic N) is 1. The van der Waals surface area contributed by atoms with E-state index in [1.54, 1.807) is 6.92 Å².